The van der Waals surface area contributed by atoms with E-state index >= 15 is 0 Å². The zero-order valence-corrected chi connectivity index (χ0v) is 11.7. The van der Waals surface area contributed by atoms with Gasteiger partial charge in [-0.3, -0.25) is 4.79 Å². The van der Waals surface area contributed by atoms with Gasteiger partial charge in [0.05, 0.1) is 8.66 Å². The summed E-state index contributed by atoms with van der Waals surface area (Å²) >= 11 is 4.94. The maximum Gasteiger partial charge on any atom is 0.263 e. The van der Waals surface area contributed by atoms with Crippen LogP contribution in [0.1, 0.15) is 35.0 Å². The lowest BCUT2D eigenvalue weighted by molar-refractivity contribution is 0.0798. The molecule has 1 aromatic rings. The predicted octanol–water partition coefficient (Wildman–Crippen LogP) is 3.69. The second-order valence-electron chi connectivity index (χ2n) is 3.65. The summed E-state index contributed by atoms with van der Waals surface area (Å²) in [4.78, 5) is 14.5. The summed E-state index contributed by atoms with van der Waals surface area (Å²) in [5, 5.41) is 0. The zero-order valence-electron chi connectivity index (χ0n) is 9.34. The van der Waals surface area contributed by atoms with Crippen LogP contribution >= 0.6 is 27.3 Å². The van der Waals surface area contributed by atoms with Crippen molar-refractivity contribution >= 4 is 33.2 Å². The first-order chi connectivity index (χ1) is 7.06. The zero-order chi connectivity index (χ0) is 11.4. The van der Waals surface area contributed by atoms with Gasteiger partial charge < -0.3 is 4.90 Å². The van der Waals surface area contributed by atoms with Crippen molar-refractivity contribution < 1.29 is 4.79 Å². The molecule has 0 aliphatic carbocycles. The fraction of sp³-hybridized carbons (Fsp3) is 0.545. The molecule has 0 aliphatic heterocycles. The first-order valence-corrected chi connectivity index (χ1v) is 6.68. The Morgan fingerprint density at radius 2 is 2.27 bits per heavy atom. The van der Waals surface area contributed by atoms with E-state index in [1.807, 2.05) is 20.0 Å². The molecule has 1 heterocycles. The monoisotopic (exact) mass is 289 g/mol. The van der Waals surface area contributed by atoms with Crippen molar-refractivity contribution in [3.63, 3.8) is 0 Å². The number of halogens is 1. The van der Waals surface area contributed by atoms with E-state index in [4.69, 9.17) is 0 Å². The second kappa shape index (κ2) is 5.66. The minimum atomic E-state index is 0.127. The average Bonchev–Trinajstić information content (AvgIpc) is 2.54. The van der Waals surface area contributed by atoms with Crippen LogP contribution < -0.4 is 0 Å². The highest BCUT2D eigenvalue weighted by molar-refractivity contribution is 9.11. The molecule has 2 nitrogen and oxygen atoms in total. The van der Waals surface area contributed by atoms with Crippen LogP contribution in [0.2, 0.25) is 0 Å². The number of thiophene rings is 1. The minimum absolute atomic E-state index is 0.127. The molecule has 1 rings (SSSR count). The third-order valence-corrected chi connectivity index (χ3v) is 4.39. The molecule has 84 valence electrons. The van der Waals surface area contributed by atoms with Gasteiger partial charge in [0.25, 0.3) is 5.91 Å². The molecule has 4 heteroatoms. The molecule has 0 N–H and O–H groups in total. The van der Waals surface area contributed by atoms with Gasteiger partial charge in [0.1, 0.15) is 0 Å². The summed E-state index contributed by atoms with van der Waals surface area (Å²) in [6.45, 7) is 4.97. The van der Waals surface area contributed by atoms with Crippen molar-refractivity contribution in [3.8, 4) is 0 Å². The van der Waals surface area contributed by atoms with E-state index < -0.39 is 0 Å². The van der Waals surface area contributed by atoms with E-state index in [9.17, 15) is 4.79 Å². The lowest BCUT2D eigenvalue weighted by atomic mass is 10.3. The number of unbranched alkanes of at least 4 members (excludes halogenated alkanes) is 1. The standard InChI is InChI=1S/C11H16BrNOS/c1-4-5-6-13(3)11(14)9-7-8(2)10(12)15-9/h7H,4-6H2,1-3H3. The van der Waals surface area contributed by atoms with Crippen LogP contribution in [0, 0.1) is 6.92 Å². The number of rotatable bonds is 4. The van der Waals surface area contributed by atoms with Crippen molar-refractivity contribution in [1.29, 1.82) is 0 Å². The van der Waals surface area contributed by atoms with Gasteiger partial charge in [0.2, 0.25) is 0 Å². The highest BCUT2D eigenvalue weighted by Gasteiger charge is 2.14. The number of carbonyl (C=O) groups excluding carboxylic acids is 1. The highest BCUT2D eigenvalue weighted by atomic mass is 79.9. The molecule has 0 bridgehead atoms. The summed E-state index contributed by atoms with van der Waals surface area (Å²) < 4.78 is 1.05. The maximum atomic E-state index is 11.9. The molecule has 0 aromatic carbocycles. The Balaban J connectivity index is 2.67. The quantitative estimate of drug-likeness (QED) is 0.828. The Morgan fingerprint density at radius 3 is 2.73 bits per heavy atom. The first kappa shape index (κ1) is 12.7. The van der Waals surface area contributed by atoms with Gasteiger partial charge in [-0.05, 0) is 40.9 Å². The molecular formula is C11H16BrNOS. The van der Waals surface area contributed by atoms with Crippen molar-refractivity contribution in [1.82, 2.24) is 4.90 Å². The normalized spacial score (nSPS) is 10.4. The average molecular weight is 290 g/mol. The molecule has 0 fully saturated rings. The van der Waals surface area contributed by atoms with Gasteiger partial charge in [-0.2, -0.15) is 0 Å². The minimum Gasteiger partial charge on any atom is -0.341 e. The van der Waals surface area contributed by atoms with Gasteiger partial charge in [-0.25, -0.2) is 0 Å². The van der Waals surface area contributed by atoms with Crippen LogP contribution in [0.25, 0.3) is 0 Å². The Morgan fingerprint density at radius 1 is 1.60 bits per heavy atom. The number of carbonyl (C=O) groups is 1. The molecule has 1 amide bonds. The van der Waals surface area contributed by atoms with Crippen LogP contribution in [0.15, 0.2) is 9.85 Å². The molecule has 0 unspecified atom stereocenters. The van der Waals surface area contributed by atoms with Gasteiger partial charge in [0, 0.05) is 13.6 Å². The third-order valence-electron chi connectivity index (χ3n) is 2.26. The van der Waals surface area contributed by atoms with Crippen LogP contribution in [0.5, 0.6) is 0 Å². The number of aryl methyl sites for hydroxylation is 1. The number of hydrogen-bond donors (Lipinski definition) is 0. The summed E-state index contributed by atoms with van der Waals surface area (Å²) in [7, 11) is 1.86. The van der Waals surface area contributed by atoms with Gasteiger partial charge >= 0.3 is 0 Å². The number of hydrogen-bond acceptors (Lipinski definition) is 2. The van der Waals surface area contributed by atoms with E-state index in [-0.39, 0.29) is 5.91 Å². The Bertz CT molecular complexity index is 329. The Labute approximate surface area is 103 Å². The maximum absolute atomic E-state index is 11.9. The van der Waals surface area contributed by atoms with Crippen molar-refractivity contribution in [2.75, 3.05) is 13.6 Å². The molecule has 0 saturated heterocycles. The Hall–Kier alpha value is -0.350. The third kappa shape index (κ3) is 3.31. The summed E-state index contributed by atoms with van der Waals surface area (Å²) in [6, 6.07) is 1.94. The van der Waals surface area contributed by atoms with Crippen LogP contribution in [0.4, 0.5) is 0 Å². The topological polar surface area (TPSA) is 20.3 Å². The smallest absolute Gasteiger partial charge is 0.263 e. The van der Waals surface area contributed by atoms with Crippen molar-refractivity contribution in [3.05, 3.63) is 20.3 Å². The van der Waals surface area contributed by atoms with E-state index in [2.05, 4.69) is 22.9 Å². The van der Waals surface area contributed by atoms with E-state index in [0.717, 1.165) is 33.6 Å². The van der Waals surface area contributed by atoms with Crippen LogP contribution in [0.3, 0.4) is 0 Å². The molecule has 0 radical (unpaired) electrons. The molecule has 0 spiro atoms. The number of amides is 1. The largest absolute Gasteiger partial charge is 0.341 e. The number of nitrogens with zero attached hydrogens (tertiary/aromatic N) is 1. The van der Waals surface area contributed by atoms with Crippen LogP contribution in [-0.2, 0) is 0 Å². The fourth-order valence-electron chi connectivity index (χ4n) is 1.25. The molecular weight excluding hydrogens is 274 g/mol. The molecule has 1 aromatic heterocycles. The van der Waals surface area contributed by atoms with Gasteiger partial charge in [-0.15, -0.1) is 11.3 Å². The van der Waals surface area contributed by atoms with E-state index in [0.29, 0.717) is 0 Å². The fourth-order valence-corrected chi connectivity index (χ4v) is 2.78. The van der Waals surface area contributed by atoms with E-state index in [1.165, 1.54) is 11.3 Å². The lowest BCUT2D eigenvalue weighted by Gasteiger charge is -2.15. The molecule has 0 saturated carbocycles. The predicted molar refractivity (Wildman–Crippen MR) is 68.6 cm³/mol. The van der Waals surface area contributed by atoms with Gasteiger partial charge in [-0.1, -0.05) is 13.3 Å². The highest BCUT2D eigenvalue weighted by Crippen LogP contribution is 2.28. The molecule has 0 aliphatic rings. The lowest BCUT2D eigenvalue weighted by Crippen LogP contribution is -2.26. The molecule has 15 heavy (non-hydrogen) atoms. The molecule has 0 atom stereocenters. The van der Waals surface area contributed by atoms with Crippen molar-refractivity contribution in [2.24, 2.45) is 0 Å². The Kier molecular flexibility index (Phi) is 4.80. The summed E-state index contributed by atoms with van der Waals surface area (Å²) in [6.07, 6.45) is 2.18. The summed E-state index contributed by atoms with van der Waals surface area (Å²) in [5.74, 6) is 0.127. The van der Waals surface area contributed by atoms with E-state index in [1.54, 1.807) is 4.90 Å². The first-order valence-electron chi connectivity index (χ1n) is 5.07. The second-order valence-corrected chi connectivity index (χ2v) is 6.02. The summed E-state index contributed by atoms with van der Waals surface area (Å²) in [5.41, 5.74) is 1.13. The van der Waals surface area contributed by atoms with Crippen molar-refractivity contribution in [2.45, 2.75) is 26.7 Å². The SMILES string of the molecule is CCCCN(C)C(=O)c1cc(C)c(Br)s1. The van der Waals surface area contributed by atoms with Gasteiger partial charge in [0.15, 0.2) is 0 Å². The van der Waals surface area contributed by atoms with Crippen LogP contribution in [-0.4, -0.2) is 24.4 Å².